The maximum absolute atomic E-state index is 14.3. The van der Waals surface area contributed by atoms with Crippen LogP contribution in [-0.2, 0) is 20.7 Å². The molecule has 10 heteroatoms. The third-order valence-corrected chi connectivity index (χ3v) is 9.63. The van der Waals surface area contributed by atoms with Crippen molar-refractivity contribution in [3.05, 3.63) is 57.7 Å². The van der Waals surface area contributed by atoms with Crippen molar-refractivity contribution in [2.24, 2.45) is 11.8 Å². The Morgan fingerprint density at radius 2 is 1.83 bits per heavy atom. The zero-order valence-electron chi connectivity index (χ0n) is 29.3. The number of aromatic hydroxyl groups is 1. The third kappa shape index (κ3) is 7.77. The summed E-state index contributed by atoms with van der Waals surface area (Å²) in [6.07, 6.45) is 9.36. The molecular formula is C38H50O10. The maximum Gasteiger partial charge on any atom is 0.330 e. The monoisotopic (exact) mass is 666 g/mol. The number of carboxylic acid groups (broad SMARTS) is 1. The van der Waals surface area contributed by atoms with Crippen LogP contribution in [0.4, 0.5) is 0 Å². The number of carbonyl (C=O) groups excluding carboxylic acids is 2. The SMILES string of the molecule is CC(C)=CCC[C@]1(C)C=Cc2c(O)c3c(c(CC(O)C(C)(C)O)c2O1)OC1C(=CC(C=O)C[C@@H]1C(C)(C)OCC/C=C(/C)C(=O)O)C3=O. The van der Waals surface area contributed by atoms with E-state index in [4.69, 9.17) is 14.2 Å². The molecule has 0 amide bonds. The number of carboxylic acids is 1. The number of phenols is 1. The quantitative estimate of drug-likeness (QED) is 0.0864. The van der Waals surface area contributed by atoms with E-state index in [2.05, 4.69) is 6.08 Å². The van der Waals surface area contributed by atoms with Gasteiger partial charge in [-0.15, -0.1) is 0 Å². The number of ketones is 1. The average Bonchev–Trinajstić information content (AvgIpc) is 2.99. The fraction of sp³-hybridized carbons (Fsp3) is 0.553. The van der Waals surface area contributed by atoms with E-state index in [1.165, 1.54) is 26.3 Å². The molecule has 10 nitrogen and oxygen atoms in total. The fourth-order valence-electron chi connectivity index (χ4n) is 6.50. The number of benzene rings is 1. The van der Waals surface area contributed by atoms with Gasteiger partial charge in [0.15, 0.2) is 5.78 Å². The highest BCUT2D eigenvalue weighted by Crippen LogP contribution is 2.53. The number of hydrogen-bond acceptors (Lipinski definition) is 9. The molecule has 1 aromatic rings. The van der Waals surface area contributed by atoms with Crippen LogP contribution in [0, 0.1) is 11.8 Å². The van der Waals surface area contributed by atoms with E-state index in [1.807, 2.05) is 40.7 Å². The van der Waals surface area contributed by atoms with Gasteiger partial charge in [-0.2, -0.15) is 0 Å². The first-order valence-electron chi connectivity index (χ1n) is 16.6. The predicted octanol–water partition coefficient (Wildman–Crippen LogP) is 5.90. The minimum absolute atomic E-state index is 0.0639. The number of hydrogen-bond donors (Lipinski definition) is 4. The molecule has 0 saturated heterocycles. The molecule has 0 aromatic heterocycles. The molecule has 4 N–H and O–H groups in total. The van der Waals surface area contributed by atoms with Crippen LogP contribution in [0.15, 0.2) is 41.0 Å². The molecule has 48 heavy (non-hydrogen) atoms. The van der Waals surface area contributed by atoms with Crippen molar-refractivity contribution >= 4 is 24.1 Å². The molecule has 0 bridgehead atoms. The van der Waals surface area contributed by atoms with Gasteiger partial charge in [0.2, 0.25) is 0 Å². The Hall–Kier alpha value is -3.73. The summed E-state index contributed by atoms with van der Waals surface area (Å²) in [7, 11) is 0. The molecule has 1 aliphatic carbocycles. The van der Waals surface area contributed by atoms with E-state index in [1.54, 1.807) is 18.2 Å². The summed E-state index contributed by atoms with van der Waals surface area (Å²) in [5, 5.41) is 42.7. The first-order valence-corrected chi connectivity index (χ1v) is 16.6. The normalized spacial score (nSPS) is 24.3. The van der Waals surface area contributed by atoms with Crippen molar-refractivity contribution in [2.45, 2.75) is 117 Å². The highest BCUT2D eigenvalue weighted by Gasteiger charge is 2.50. The molecule has 4 rings (SSSR count). The summed E-state index contributed by atoms with van der Waals surface area (Å²) in [6.45, 7) is 14.3. The van der Waals surface area contributed by atoms with E-state index in [0.29, 0.717) is 24.8 Å². The maximum atomic E-state index is 14.3. The molecule has 3 unspecified atom stereocenters. The molecule has 1 aromatic carbocycles. The summed E-state index contributed by atoms with van der Waals surface area (Å²) in [5.41, 5.74) is -1.07. The first kappa shape index (κ1) is 37.1. The zero-order valence-corrected chi connectivity index (χ0v) is 29.3. The largest absolute Gasteiger partial charge is 0.506 e. The lowest BCUT2D eigenvalue weighted by Gasteiger charge is -2.45. The number of phenolic OH excluding ortho intramolecular Hbond substituents is 1. The highest BCUT2D eigenvalue weighted by atomic mass is 16.5. The summed E-state index contributed by atoms with van der Waals surface area (Å²) >= 11 is 0. The molecule has 0 saturated carbocycles. The number of Topliss-reactive ketones (excluding diaryl/α,β-unsaturated/α-hetero) is 1. The van der Waals surface area contributed by atoms with Crippen LogP contribution in [0.2, 0.25) is 0 Å². The van der Waals surface area contributed by atoms with Crippen LogP contribution in [0.1, 0.15) is 103 Å². The number of carbonyl (C=O) groups is 3. The summed E-state index contributed by atoms with van der Waals surface area (Å²) in [4.78, 5) is 37.7. The first-order chi connectivity index (χ1) is 22.3. The minimum Gasteiger partial charge on any atom is -0.506 e. The molecule has 2 aliphatic heterocycles. The van der Waals surface area contributed by atoms with Crippen molar-refractivity contribution in [2.75, 3.05) is 6.61 Å². The predicted molar refractivity (Wildman–Crippen MR) is 181 cm³/mol. The van der Waals surface area contributed by atoms with Gasteiger partial charge in [0.05, 0.1) is 29.5 Å². The van der Waals surface area contributed by atoms with Crippen LogP contribution >= 0.6 is 0 Å². The van der Waals surface area contributed by atoms with Gasteiger partial charge in [-0.05, 0) is 93.2 Å². The van der Waals surface area contributed by atoms with Gasteiger partial charge in [0.1, 0.15) is 40.8 Å². The highest BCUT2D eigenvalue weighted by molar-refractivity contribution is 6.15. The van der Waals surface area contributed by atoms with E-state index in [9.17, 15) is 34.8 Å². The topological polar surface area (TPSA) is 160 Å². The molecule has 5 atom stereocenters. The van der Waals surface area contributed by atoms with Gasteiger partial charge in [-0.1, -0.05) is 23.8 Å². The van der Waals surface area contributed by atoms with Gasteiger partial charge in [0.25, 0.3) is 0 Å². The zero-order chi connectivity index (χ0) is 35.8. The van der Waals surface area contributed by atoms with Crippen LogP contribution in [0.5, 0.6) is 17.2 Å². The summed E-state index contributed by atoms with van der Waals surface area (Å²) < 4.78 is 19.6. The fourth-order valence-corrected chi connectivity index (χ4v) is 6.50. The number of rotatable bonds is 13. The number of aliphatic carboxylic acids is 1. The van der Waals surface area contributed by atoms with Crippen LogP contribution in [0.3, 0.4) is 0 Å². The Labute approximate surface area is 282 Å². The Kier molecular flexibility index (Phi) is 10.8. The molecule has 0 spiro atoms. The standard InChI is InChI=1S/C38H50O10/c1-21(2)11-9-14-38(8)15-13-24-30(41)29-31(42)25-17-23(20-39)18-27(37(6,7)46-16-10-12-22(3)35(43)44)33(25)47-34(29)26(32(24)48-38)19-28(40)36(4,5)45/h11-13,15,17,20,23,27-28,33,40-41,45H,9-10,14,16,18-19H2,1-8H3,(H,43,44)/b22-12-/t23?,27-,28?,33?,38+/m0/s1. The Morgan fingerprint density at radius 1 is 1.15 bits per heavy atom. The number of aliphatic hydroxyl groups excluding tert-OH is 1. The number of aldehydes is 1. The second-order valence-corrected chi connectivity index (χ2v) is 14.8. The molecule has 2 heterocycles. The van der Waals surface area contributed by atoms with Gasteiger partial charge in [0, 0.05) is 35.0 Å². The molecule has 3 aliphatic rings. The lowest BCUT2D eigenvalue weighted by molar-refractivity contribution is -0.132. The smallest absolute Gasteiger partial charge is 0.330 e. The van der Waals surface area contributed by atoms with Crippen molar-refractivity contribution in [3.63, 3.8) is 0 Å². The van der Waals surface area contributed by atoms with Crippen molar-refractivity contribution in [3.8, 4) is 17.2 Å². The Morgan fingerprint density at radius 3 is 2.44 bits per heavy atom. The van der Waals surface area contributed by atoms with Crippen LogP contribution in [-0.4, -0.2) is 74.1 Å². The van der Waals surface area contributed by atoms with Crippen molar-refractivity contribution in [1.29, 1.82) is 0 Å². The second-order valence-electron chi connectivity index (χ2n) is 14.8. The number of allylic oxidation sites excluding steroid dienone is 3. The van der Waals surface area contributed by atoms with Gasteiger partial charge in [-0.25, -0.2) is 4.79 Å². The second kappa shape index (κ2) is 14.0. The van der Waals surface area contributed by atoms with Gasteiger partial charge in [-0.3, -0.25) is 4.79 Å². The summed E-state index contributed by atoms with van der Waals surface area (Å²) in [5.74, 6) is -2.61. The lowest BCUT2D eigenvalue weighted by Crippen LogP contribution is -2.51. The third-order valence-electron chi connectivity index (χ3n) is 9.63. The average molecular weight is 667 g/mol. The van der Waals surface area contributed by atoms with E-state index < -0.39 is 52.6 Å². The van der Waals surface area contributed by atoms with E-state index in [0.717, 1.165) is 12.7 Å². The minimum atomic E-state index is -1.51. The lowest BCUT2D eigenvalue weighted by atomic mass is 9.70. The summed E-state index contributed by atoms with van der Waals surface area (Å²) in [6, 6.07) is 0. The van der Waals surface area contributed by atoms with E-state index >= 15 is 0 Å². The Bertz CT molecular complexity index is 1570. The molecular weight excluding hydrogens is 616 g/mol. The number of aliphatic hydroxyl groups is 2. The number of ether oxygens (including phenoxy) is 3. The van der Waals surface area contributed by atoms with Gasteiger partial charge < -0.3 is 39.4 Å². The van der Waals surface area contributed by atoms with E-state index in [-0.39, 0.29) is 52.5 Å². The van der Waals surface area contributed by atoms with Crippen molar-refractivity contribution < 1.29 is 49.0 Å². The molecule has 0 radical (unpaired) electrons. The molecule has 262 valence electrons. The van der Waals surface area contributed by atoms with Gasteiger partial charge >= 0.3 is 5.97 Å². The van der Waals surface area contributed by atoms with Crippen LogP contribution < -0.4 is 9.47 Å². The van der Waals surface area contributed by atoms with Crippen molar-refractivity contribution in [1.82, 2.24) is 0 Å². The van der Waals surface area contributed by atoms with Crippen LogP contribution in [0.25, 0.3) is 6.08 Å². The Balaban J connectivity index is 1.82. The number of fused-ring (bicyclic) bond motifs is 3. The molecule has 0 fully saturated rings.